The van der Waals surface area contributed by atoms with Gasteiger partial charge in [-0.05, 0) is 44.1 Å². The SMILES string of the molecule is Cc1cccc(C(=O)N2CCC(c3nc4c(s3)CCN(C3=CC=C3)CC4)CC2)c1. The lowest BCUT2D eigenvalue weighted by Gasteiger charge is -2.31. The van der Waals surface area contributed by atoms with Crippen molar-refractivity contribution in [1.82, 2.24) is 14.8 Å². The van der Waals surface area contributed by atoms with Crippen molar-refractivity contribution in [1.29, 1.82) is 0 Å². The summed E-state index contributed by atoms with van der Waals surface area (Å²) in [5, 5.41) is 1.30. The van der Waals surface area contributed by atoms with Gasteiger partial charge in [0.1, 0.15) is 0 Å². The van der Waals surface area contributed by atoms with Gasteiger partial charge in [0.2, 0.25) is 0 Å². The van der Waals surface area contributed by atoms with E-state index in [1.54, 1.807) is 0 Å². The Morgan fingerprint density at radius 2 is 1.93 bits per heavy atom. The molecule has 3 aliphatic rings. The van der Waals surface area contributed by atoms with Gasteiger partial charge in [-0.25, -0.2) is 4.98 Å². The zero-order chi connectivity index (χ0) is 19.8. The minimum absolute atomic E-state index is 0.168. The van der Waals surface area contributed by atoms with Crippen LogP contribution in [0.15, 0.2) is 48.2 Å². The summed E-state index contributed by atoms with van der Waals surface area (Å²) in [6.07, 6.45) is 10.7. The number of aryl methyl sites for hydroxylation is 1. The number of nitrogens with zero attached hydrogens (tertiary/aromatic N) is 3. The number of hydrogen-bond acceptors (Lipinski definition) is 4. The molecule has 1 aromatic carbocycles. The molecule has 4 nitrogen and oxygen atoms in total. The van der Waals surface area contributed by atoms with E-state index in [1.807, 2.05) is 47.4 Å². The largest absolute Gasteiger partial charge is 0.371 e. The van der Waals surface area contributed by atoms with Gasteiger partial charge in [-0.2, -0.15) is 0 Å². The molecule has 29 heavy (non-hydrogen) atoms. The maximum Gasteiger partial charge on any atom is 0.253 e. The second-order valence-electron chi connectivity index (χ2n) is 8.30. The lowest BCUT2D eigenvalue weighted by atomic mass is 9.97. The maximum atomic E-state index is 12.8. The third kappa shape index (κ3) is 3.76. The fourth-order valence-electron chi connectivity index (χ4n) is 4.50. The summed E-state index contributed by atoms with van der Waals surface area (Å²) in [5.74, 6) is 0.670. The molecule has 0 bridgehead atoms. The Kier molecular flexibility index (Phi) is 5.00. The van der Waals surface area contributed by atoms with Gasteiger partial charge in [0.25, 0.3) is 5.91 Å². The van der Waals surface area contributed by atoms with Gasteiger partial charge in [-0.1, -0.05) is 23.8 Å². The molecule has 0 atom stereocenters. The Morgan fingerprint density at radius 3 is 2.66 bits per heavy atom. The molecule has 1 fully saturated rings. The molecular weight excluding hydrogens is 378 g/mol. The molecule has 0 unspecified atom stereocenters. The van der Waals surface area contributed by atoms with E-state index in [2.05, 4.69) is 23.1 Å². The highest BCUT2D eigenvalue weighted by molar-refractivity contribution is 7.11. The number of carbonyl (C=O) groups is 1. The minimum atomic E-state index is 0.168. The normalized spacial score (nSPS) is 19.4. The van der Waals surface area contributed by atoms with Crippen molar-refractivity contribution >= 4 is 17.2 Å². The van der Waals surface area contributed by atoms with E-state index in [9.17, 15) is 4.79 Å². The second-order valence-corrected chi connectivity index (χ2v) is 9.41. The number of carbonyl (C=O) groups excluding carboxylic acids is 1. The van der Waals surface area contributed by atoms with Crippen molar-refractivity contribution in [2.75, 3.05) is 26.2 Å². The Morgan fingerprint density at radius 1 is 1.14 bits per heavy atom. The summed E-state index contributed by atoms with van der Waals surface area (Å²) >= 11 is 1.92. The minimum Gasteiger partial charge on any atom is -0.371 e. The van der Waals surface area contributed by atoms with E-state index < -0.39 is 0 Å². The van der Waals surface area contributed by atoms with Crippen LogP contribution in [0.1, 0.15) is 50.3 Å². The molecule has 0 spiro atoms. The van der Waals surface area contributed by atoms with Crippen LogP contribution in [0.3, 0.4) is 0 Å². The Balaban J connectivity index is 1.20. The van der Waals surface area contributed by atoms with E-state index in [4.69, 9.17) is 4.98 Å². The van der Waals surface area contributed by atoms with Gasteiger partial charge in [-0.15, -0.1) is 11.3 Å². The summed E-state index contributed by atoms with van der Waals surface area (Å²) in [6, 6.07) is 7.93. The van der Waals surface area contributed by atoms with Crippen molar-refractivity contribution in [3.05, 3.63) is 74.9 Å². The van der Waals surface area contributed by atoms with Crippen LogP contribution in [-0.2, 0) is 12.8 Å². The Bertz CT molecular complexity index is 956. The van der Waals surface area contributed by atoms with E-state index in [1.165, 1.54) is 21.3 Å². The van der Waals surface area contributed by atoms with Gasteiger partial charge < -0.3 is 9.80 Å². The number of allylic oxidation sites excluding steroid dienone is 3. The van der Waals surface area contributed by atoms with Gasteiger partial charge in [-0.3, -0.25) is 4.79 Å². The monoisotopic (exact) mass is 405 g/mol. The van der Waals surface area contributed by atoms with E-state index in [0.717, 1.165) is 63.0 Å². The zero-order valence-corrected chi connectivity index (χ0v) is 17.8. The molecule has 5 rings (SSSR count). The Hall–Kier alpha value is -2.40. The first-order chi connectivity index (χ1) is 14.2. The maximum absolute atomic E-state index is 12.8. The number of piperidine rings is 1. The lowest BCUT2D eigenvalue weighted by Crippen LogP contribution is -2.37. The van der Waals surface area contributed by atoms with Gasteiger partial charge in [0, 0.05) is 61.1 Å². The molecular formula is C24H27N3OS. The Labute approximate surface area is 176 Å². The molecule has 0 radical (unpaired) electrons. The summed E-state index contributed by atoms with van der Waals surface area (Å²) in [4.78, 5) is 23.8. The van der Waals surface area contributed by atoms with Crippen LogP contribution in [0.5, 0.6) is 0 Å². The van der Waals surface area contributed by atoms with Crippen molar-refractivity contribution in [3.63, 3.8) is 0 Å². The summed E-state index contributed by atoms with van der Waals surface area (Å²) in [7, 11) is 0. The topological polar surface area (TPSA) is 36.4 Å². The highest BCUT2D eigenvalue weighted by Crippen LogP contribution is 2.35. The number of aromatic nitrogens is 1. The quantitative estimate of drug-likeness (QED) is 0.763. The van der Waals surface area contributed by atoms with E-state index in [0.29, 0.717) is 5.92 Å². The van der Waals surface area contributed by atoms with E-state index >= 15 is 0 Å². The third-order valence-corrected chi connectivity index (χ3v) is 7.64. The fraction of sp³-hybridized carbons (Fsp3) is 0.417. The molecule has 3 heterocycles. The predicted octanol–water partition coefficient (Wildman–Crippen LogP) is 4.33. The molecule has 1 aromatic heterocycles. The summed E-state index contributed by atoms with van der Waals surface area (Å²) in [6.45, 7) is 5.85. The molecule has 1 aliphatic carbocycles. The van der Waals surface area contributed by atoms with Crippen molar-refractivity contribution in [2.24, 2.45) is 0 Å². The van der Waals surface area contributed by atoms with Crippen LogP contribution in [0.2, 0.25) is 0 Å². The van der Waals surface area contributed by atoms with E-state index in [-0.39, 0.29) is 5.91 Å². The van der Waals surface area contributed by atoms with Crippen molar-refractivity contribution in [2.45, 2.75) is 38.5 Å². The number of thiazole rings is 1. The van der Waals surface area contributed by atoms with Crippen molar-refractivity contribution < 1.29 is 4.79 Å². The van der Waals surface area contributed by atoms with Crippen molar-refractivity contribution in [3.8, 4) is 0 Å². The van der Waals surface area contributed by atoms with Crippen LogP contribution >= 0.6 is 11.3 Å². The van der Waals surface area contributed by atoms with Gasteiger partial charge in [0.05, 0.1) is 10.7 Å². The smallest absolute Gasteiger partial charge is 0.253 e. The number of likely N-dealkylation sites (tertiary alicyclic amines) is 1. The average Bonchev–Trinajstić information content (AvgIpc) is 3.02. The van der Waals surface area contributed by atoms with Crippen LogP contribution < -0.4 is 0 Å². The molecule has 0 saturated carbocycles. The van der Waals surface area contributed by atoms with Crippen LogP contribution in [-0.4, -0.2) is 46.9 Å². The first-order valence-electron chi connectivity index (χ1n) is 10.6. The molecule has 5 heteroatoms. The zero-order valence-electron chi connectivity index (χ0n) is 16.9. The first-order valence-corrected chi connectivity index (χ1v) is 11.5. The van der Waals surface area contributed by atoms with Gasteiger partial charge >= 0.3 is 0 Å². The predicted molar refractivity (Wildman–Crippen MR) is 117 cm³/mol. The number of rotatable bonds is 3. The van der Waals surface area contributed by atoms with Crippen LogP contribution in [0, 0.1) is 6.92 Å². The lowest BCUT2D eigenvalue weighted by molar-refractivity contribution is 0.0713. The summed E-state index contributed by atoms with van der Waals surface area (Å²) < 4.78 is 0. The molecule has 150 valence electrons. The fourth-order valence-corrected chi connectivity index (χ4v) is 5.77. The first kappa shape index (κ1) is 18.6. The molecule has 1 amide bonds. The number of amides is 1. The highest BCUT2D eigenvalue weighted by Gasteiger charge is 2.28. The second kappa shape index (κ2) is 7.79. The molecule has 2 aliphatic heterocycles. The van der Waals surface area contributed by atoms with Gasteiger partial charge in [0.15, 0.2) is 0 Å². The standard InChI is InChI=1S/C24H27N3OS/c1-17-4-2-5-19(16-17)24(28)27-12-8-18(9-13-27)23-25-21-10-14-26(20-6-3-7-20)15-11-22(21)29-23/h2-7,16,18H,8-15H2,1H3. The third-order valence-electron chi connectivity index (χ3n) is 6.32. The number of benzene rings is 1. The molecule has 2 aromatic rings. The highest BCUT2D eigenvalue weighted by atomic mass is 32.1. The van der Waals surface area contributed by atoms with Crippen LogP contribution in [0.25, 0.3) is 0 Å². The number of hydrogen-bond donors (Lipinski definition) is 0. The van der Waals surface area contributed by atoms with Crippen LogP contribution in [0.4, 0.5) is 0 Å². The molecule has 1 saturated heterocycles. The summed E-state index contributed by atoms with van der Waals surface area (Å²) in [5.41, 5.74) is 4.63. The average molecular weight is 406 g/mol. The molecule has 0 N–H and O–H groups in total. The number of fused-ring (bicyclic) bond motifs is 1.